The van der Waals surface area contributed by atoms with Crippen LogP contribution < -0.4 is 10.6 Å². The molecule has 0 spiro atoms. The highest BCUT2D eigenvalue weighted by Gasteiger charge is 2.12. The van der Waals surface area contributed by atoms with E-state index in [-0.39, 0.29) is 29.6 Å². The van der Waals surface area contributed by atoms with Crippen LogP contribution in [0, 0.1) is 0 Å². The Balaban J connectivity index is 0.00000312. The van der Waals surface area contributed by atoms with Crippen molar-refractivity contribution in [3.63, 3.8) is 0 Å². The third kappa shape index (κ3) is 6.45. The number of carbonyl (C=O) groups excluding carboxylic acids is 2. The fraction of sp³-hybridized carbons (Fsp3) is 0.222. The number of methoxy groups -OCH3 is 1. The van der Waals surface area contributed by atoms with E-state index < -0.39 is 5.97 Å². The summed E-state index contributed by atoms with van der Waals surface area (Å²) < 4.78 is 4.55. The number of hydrogen-bond acceptors (Lipinski definition) is 5. The first kappa shape index (κ1) is 20.5. The number of anilines is 1. The Bertz CT molecular complexity index is 707. The number of rotatable bonds is 7. The maximum Gasteiger partial charge on any atom is 0.341 e. The molecule has 1 amide bonds. The Morgan fingerprint density at radius 1 is 1.12 bits per heavy atom. The summed E-state index contributed by atoms with van der Waals surface area (Å²) in [5, 5.41) is 15.6. The standard InChI is InChI=1S/C18H20N2O4.ClH/c1-24-18(23)15-8-7-14(11-16(15)21)20-17(22)9-10-19-12-13-5-3-2-4-6-13;/h2-8,11,19,21H,9-10,12H2,1H3,(H,20,22);1H. The van der Waals surface area contributed by atoms with Crippen molar-refractivity contribution in [2.75, 3.05) is 19.0 Å². The summed E-state index contributed by atoms with van der Waals surface area (Å²) >= 11 is 0. The predicted octanol–water partition coefficient (Wildman–Crippen LogP) is 2.72. The molecule has 0 saturated carbocycles. The third-order valence-electron chi connectivity index (χ3n) is 3.39. The average Bonchev–Trinajstić information content (AvgIpc) is 2.59. The lowest BCUT2D eigenvalue weighted by Gasteiger charge is -2.08. The van der Waals surface area contributed by atoms with Crippen LogP contribution in [0.25, 0.3) is 0 Å². The summed E-state index contributed by atoms with van der Waals surface area (Å²) in [6, 6.07) is 14.2. The molecule has 3 N–H and O–H groups in total. The van der Waals surface area contributed by atoms with Gasteiger partial charge in [-0.25, -0.2) is 4.79 Å². The fourth-order valence-electron chi connectivity index (χ4n) is 2.15. The first-order chi connectivity index (χ1) is 11.6. The minimum atomic E-state index is -0.629. The molecule has 0 atom stereocenters. The van der Waals surface area contributed by atoms with Crippen molar-refractivity contribution in [1.29, 1.82) is 0 Å². The number of nitrogens with one attached hydrogen (secondary N) is 2. The lowest BCUT2D eigenvalue weighted by molar-refractivity contribution is -0.116. The third-order valence-corrected chi connectivity index (χ3v) is 3.39. The normalized spacial score (nSPS) is 9.80. The number of aromatic hydroxyl groups is 1. The zero-order valence-corrected chi connectivity index (χ0v) is 14.6. The van der Waals surface area contributed by atoms with Gasteiger partial charge in [0.1, 0.15) is 11.3 Å². The molecule has 0 aliphatic rings. The molecule has 0 fully saturated rings. The van der Waals surface area contributed by atoms with Crippen LogP contribution in [0.15, 0.2) is 48.5 Å². The molecule has 2 rings (SSSR count). The highest BCUT2D eigenvalue weighted by Crippen LogP contribution is 2.22. The smallest absolute Gasteiger partial charge is 0.341 e. The van der Waals surface area contributed by atoms with E-state index in [1.807, 2.05) is 30.3 Å². The molecule has 2 aromatic carbocycles. The number of halogens is 1. The number of phenols is 1. The minimum Gasteiger partial charge on any atom is -0.507 e. The van der Waals surface area contributed by atoms with Crippen molar-refractivity contribution in [1.82, 2.24) is 5.32 Å². The second-order valence-corrected chi connectivity index (χ2v) is 5.18. The Morgan fingerprint density at radius 3 is 2.48 bits per heavy atom. The van der Waals surface area contributed by atoms with Gasteiger partial charge in [-0.05, 0) is 17.7 Å². The van der Waals surface area contributed by atoms with Crippen LogP contribution >= 0.6 is 12.4 Å². The van der Waals surface area contributed by atoms with Gasteiger partial charge in [-0.15, -0.1) is 12.4 Å². The predicted molar refractivity (Wildman–Crippen MR) is 98.1 cm³/mol. The molecule has 6 nitrogen and oxygen atoms in total. The van der Waals surface area contributed by atoms with E-state index >= 15 is 0 Å². The Hall–Kier alpha value is -2.57. The van der Waals surface area contributed by atoms with Gasteiger partial charge in [0.25, 0.3) is 0 Å². The van der Waals surface area contributed by atoms with Crippen molar-refractivity contribution < 1.29 is 19.4 Å². The van der Waals surface area contributed by atoms with Gasteiger partial charge in [-0.3, -0.25) is 4.79 Å². The molecular formula is C18H21ClN2O4. The number of phenolic OH excluding ortho intramolecular Hbond substituents is 1. The first-order valence-electron chi connectivity index (χ1n) is 7.56. The second kappa shape index (κ2) is 10.3. The van der Waals surface area contributed by atoms with Gasteiger partial charge < -0.3 is 20.5 Å². The quantitative estimate of drug-likeness (QED) is 0.519. The van der Waals surface area contributed by atoms with E-state index in [1.54, 1.807) is 6.07 Å². The number of ether oxygens (including phenoxy) is 1. The van der Waals surface area contributed by atoms with Gasteiger partial charge in [-0.1, -0.05) is 30.3 Å². The summed E-state index contributed by atoms with van der Waals surface area (Å²) in [5.74, 6) is -1.04. The number of carbonyl (C=O) groups is 2. The summed E-state index contributed by atoms with van der Waals surface area (Å²) in [7, 11) is 1.24. The number of esters is 1. The number of benzene rings is 2. The molecule has 2 aromatic rings. The Kier molecular flexibility index (Phi) is 8.46. The molecule has 0 radical (unpaired) electrons. The minimum absolute atomic E-state index is 0. The molecule has 0 saturated heterocycles. The molecule has 0 unspecified atom stereocenters. The van der Waals surface area contributed by atoms with Crippen molar-refractivity contribution in [2.24, 2.45) is 0 Å². The lowest BCUT2D eigenvalue weighted by Crippen LogP contribution is -2.21. The zero-order chi connectivity index (χ0) is 17.4. The van der Waals surface area contributed by atoms with E-state index in [2.05, 4.69) is 15.4 Å². The van der Waals surface area contributed by atoms with Crippen LogP contribution in [0.5, 0.6) is 5.75 Å². The molecule has 0 bridgehead atoms. The van der Waals surface area contributed by atoms with Crippen molar-refractivity contribution in [3.8, 4) is 5.75 Å². The SMILES string of the molecule is COC(=O)c1ccc(NC(=O)CCNCc2ccccc2)cc1O.Cl. The largest absolute Gasteiger partial charge is 0.507 e. The van der Waals surface area contributed by atoms with Crippen LogP contribution in [0.1, 0.15) is 22.3 Å². The average molecular weight is 365 g/mol. The van der Waals surface area contributed by atoms with Crippen LogP contribution in [0.2, 0.25) is 0 Å². The van der Waals surface area contributed by atoms with Crippen molar-refractivity contribution in [2.45, 2.75) is 13.0 Å². The molecule has 0 aliphatic carbocycles. The van der Waals surface area contributed by atoms with Crippen LogP contribution in [-0.4, -0.2) is 30.6 Å². The fourth-order valence-corrected chi connectivity index (χ4v) is 2.15. The topological polar surface area (TPSA) is 87.7 Å². The summed E-state index contributed by atoms with van der Waals surface area (Å²) in [4.78, 5) is 23.3. The van der Waals surface area contributed by atoms with Gasteiger partial charge in [-0.2, -0.15) is 0 Å². The maximum atomic E-state index is 11.9. The summed E-state index contributed by atoms with van der Waals surface area (Å²) in [5.41, 5.74) is 1.63. The number of amides is 1. The van der Waals surface area contributed by atoms with Gasteiger partial charge in [0, 0.05) is 31.3 Å². The van der Waals surface area contributed by atoms with Gasteiger partial charge in [0.15, 0.2) is 0 Å². The van der Waals surface area contributed by atoms with Crippen molar-refractivity contribution >= 4 is 30.0 Å². The monoisotopic (exact) mass is 364 g/mol. The van der Waals surface area contributed by atoms with E-state index in [0.29, 0.717) is 25.2 Å². The molecule has 0 aliphatic heterocycles. The molecule has 7 heteroatoms. The highest BCUT2D eigenvalue weighted by molar-refractivity contribution is 5.95. The van der Waals surface area contributed by atoms with E-state index in [4.69, 9.17) is 0 Å². The van der Waals surface area contributed by atoms with E-state index in [1.165, 1.54) is 19.2 Å². The molecule has 134 valence electrons. The van der Waals surface area contributed by atoms with Gasteiger partial charge in [0.05, 0.1) is 7.11 Å². The van der Waals surface area contributed by atoms with E-state index in [9.17, 15) is 14.7 Å². The van der Waals surface area contributed by atoms with Gasteiger partial charge in [0.2, 0.25) is 5.91 Å². The zero-order valence-electron chi connectivity index (χ0n) is 13.8. The number of hydrogen-bond donors (Lipinski definition) is 3. The van der Waals surface area contributed by atoms with Crippen molar-refractivity contribution in [3.05, 3.63) is 59.7 Å². The van der Waals surface area contributed by atoms with Crippen LogP contribution in [0.4, 0.5) is 5.69 Å². The van der Waals surface area contributed by atoms with Crippen LogP contribution in [0.3, 0.4) is 0 Å². The summed E-state index contributed by atoms with van der Waals surface area (Å²) in [6.45, 7) is 1.23. The maximum absolute atomic E-state index is 11.9. The molecular weight excluding hydrogens is 344 g/mol. The lowest BCUT2D eigenvalue weighted by atomic mass is 10.2. The van der Waals surface area contributed by atoms with Crippen LogP contribution in [-0.2, 0) is 16.1 Å². The molecule has 25 heavy (non-hydrogen) atoms. The highest BCUT2D eigenvalue weighted by atomic mass is 35.5. The Labute approximate surface area is 152 Å². The Morgan fingerprint density at radius 2 is 1.84 bits per heavy atom. The molecule has 0 heterocycles. The van der Waals surface area contributed by atoms with E-state index in [0.717, 1.165) is 5.56 Å². The first-order valence-corrected chi connectivity index (χ1v) is 7.56. The molecule has 0 aromatic heterocycles. The second-order valence-electron chi connectivity index (χ2n) is 5.18. The van der Waals surface area contributed by atoms with Gasteiger partial charge >= 0.3 is 5.97 Å². The summed E-state index contributed by atoms with van der Waals surface area (Å²) in [6.07, 6.45) is 0.298.